The zero-order valence-corrected chi connectivity index (χ0v) is 30.3. The maximum absolute atomic E-state index is 13.0. The summed E-state index contributed by atoms with van der Waals surface area (Å²) in [6, 6.07) is -0.985. The monoisotopic (exact) mass is 675 g/mol. The number of hydrogen-bond acceptors (Lipinski definition) is 8. The van der Waals surface area contributed by atoms with Gasteiger partial charge in [0.1, 0.15) is 29.8 Å². The highest BCUT2D eigenvalue weighted by Crippen LogP contribution is 2.76. The Balaban J connectivity index is 1.31. The lowest BCUT2D eigenvalue weighted by molar-refractivity contribution is -0.307. The molecule has 0 aromatic heterocycles. The van der Waals surface area contributed by atoms with Crippen LogP contribution in [0.5, 0.6) is 0 Å². The minimum atomic E-state index is -1.37. The molecule has 6 rings (SSSR count). The third-order valence-corrected chi connectivity index (χ3v) is 15.6. The van der Waals surface area contributed by atoms with E-state index in [1.807, 2.05) is 0 Å². The fourth-order valence-electron chi connectivity index (χ4n) is 12.7. The number of ether oxygens (including phenoxy) is 2. The Bertz CT molecular complexity index is 1330. The molecule has 6 aliphatic rings. The number of aliphatic hydroxyl groups excluding tert-OH is 4. The van der Waals surface area contributed by atoms with Crippen LogP contribution in [0.1, 0.15) is 113 Å². The van der Waals surface area contributed by atoms with Crippen molar-refractivity contribution in [2.75, 3.05) is 6.61 Å². The topological polar surface area (TPSA) is 166 Å². The van der Waals surface area contributed by atoms with Gasteiger partial charge in [0.25, 0.3) is 0 Å². The molecule has 14 atom stereocenters. The second-order valence-corrected chi connectivity index (χ2v) is 18.7. The first kappa shape index (κ1) is 36.2. The Morgan fingerprint density at radius 2 is 1.62 bits per heavy atom. The highest BCUT2D eigenvalue weighted by molar-refractivity contribution is 5.77. The van der Waals surface area contributed by atoms with E-state index in [-0.39, 0.29) is 50.9 Å². The second kappa shape index (κ2) is 11.7. The van der Waals surface area contributed by atoms with Crippen molar-refractivity contribution in [2.24, 2.45) is 50.2 Å². The number of nitrogens with one attached hydrogen (secondary N) is 1. The van der Waals surface area contributed by atoms with Gasteiger partial charge in [0.15, 0.2) is 6.29 Å². The molecule has 1 amide bonds. The molecule has 0 bridgehead atoms. The van der Waals surface area contributed by atoms with Crippen molar-refractivity contribution in [3.8, 4) is 0 Å². The fraction of sp³-hybridized carbons (Fsp3) is 0.895. The first-order valence-corrected chi connectivity index (χ1v) is 18.4. The van der Waals surface area contributed by atoms with E-state index in [0.717, 1.165) is 44.9 Å². The first-order chi connectivity index (χ1) is 22.2. The molecule has 10 heteroatoms. The Morgan fingerprint density at radius 1 is 0.938 bits per heavy atom. The summed E-state index contributed by atoms with van der Waals surface area (Å²) in [4.78, 5) is 25.1. The second-order valence-electron chi connectivity index (χ2n) is 18.7. The minimum Gasteiger partial charge on any atom is -0.481 e. The zero-order chi connectivity index (χ0) is 35.4. The van der Waals surface area contributed by atoms with Gasteiger partial charge in [-0.25, -0.2) is 0 Å². The first-order valence-electron chi connectivity index (χ1n) is 18.4. The summed E-state index contributed by atoms with van der Waals surface area (Å²) in [5.41, 5.74) is -0.648. The third kappa shape index (κ3) is 5.01. The van der Waals surface area contributed by atoms with Crippen molar-refractivity contribution in [2.45, 2.75) is 156 Å². The number of carbonyl (C=O) groups excluding carboxylic acids is 1. The van der Waals surface area contributed by atoms with Crippen LogP contribution >= 0.6 is 0 Å². The number of hydrogen-bond donors (Lipinski definition) is 6. The van der Waals surface area contributed by atoms with Gasteiger partial charge in [-0.3, -0.25) is 9.59 Å². The van der Waals surface area contributed by atoms with Crippen molar-refractivity contribution in [3.05, 3.63) is 11.6 Å². The summed E-state index contributed by atoms with van der Waals surface area (Å²) in [6.45, 7) is 17.0. The molecule has 0 aromatic rings. The Kier molecular flexibility index (Phi) is 8.86. The number of allylic oxidation sites excluding steroid dienone is 2. The van der Waals surface area contributed by atoms with Gasteiger partial charge in [-0.2, -0.15) is 0 Å². The summed E-state index contributed by atoms with van der Waals surface area (Å²) in [6.07, 6.45) is 3.42. The lowest BCUT2D eigenvalue weighted by atomic mass is 9.33. The average molecular weight is 676 g/mol. The molecule has 1 aliphatic heterocycles. The molecular formula is C38H61NO9. The quantitative estimate of drug-likeness (QED) is 0.185. The number of carbonyl (C=O) groups is 2. The van der Waals surface area contributed by atoms with Gasteiger partial charge in [-0.1, -0.05) is 60.1 Å². The Morgan fingerprint density at radius 3 is 2.25 bits per heavy atom. The van der Waals surface area contributed by atoms with Crippen LogP contribution in [0.15, 0.2) is 11.6 Å². The van der Waals surface area contributed by atoms with Gasteiger partial charge >= 0.3 is 5.97 Å². The van der Waals surface area contributed by atoms with E-state index in [9.17, 15) is 35.1 Å². The summed E-state index contributed by atoms with van der Waals surface area (Å²) in [7, 11) is 0. The molecule has 1 heterocycles. The van der Waals surface area contributed by atoms with Gasteiger partial charge in [0, 0.05) is 6.92 Å². The van der Waals surface area contributed by atoms with Crippen LogP contribution in [0.25, 0.3) is 0 Å². The average Bonchev–Trinajstić information content (AvgIpc) is 2.97. The Labute approximate surface area is 286 Å². The summed E-state index contributed by atoms with van der Waals surface area (Å²) < 4.78 is 12.7. The molecule has 0 spiro atoms. The van der Waals surface area contributed by atoms with E-state index in [1.54, 1.807) is 0 Å². The lowest BCUT2D eigenvalue weighted by Crippen LogP contribution is -2.68. The van der Waals surface area contributed by atoms with Crippen LogP contribution in [0.2, 0.25) is 0 Å². The molecule has 0 radical (unpaired) electrons. The van der Waals surface area contributed by atoms with Crippen LogP contribution in [-0.4, -0.2) is 86.9 Å². The molecule has 0 aromatic carbocycles. The number of amides is 1. The van der Waals surface area contributed by atoms with E-state index in [2.05, 4.69) is 59.9 Å². The van der Waals surface area contributed by atoms with Crippen molar-refractivity contribution in [1.82, 2.24) is 5.32 Å². The number of rotatable bonds is 5. The van der Waals surface area contributed by atoms with Crippen molar-refractivity contribution in [3.63, 3.8) is 0 Å². The molecule has 10 nitrogen and oxygen atoms in total. The number of carboxylic acids is 1. The third-order valence-electron chi connectivity index (χ3n) is 15.6. The highest BCUT2D eigenvalue weighted by atomic mass is 16.7. The molecule has 0 unspecified atom stereocenters. The predicted octanol–water partition coefficient (Wildman–Crippen LogP) is 4.17. The maximum Gasteiger partial charge on any atom is 0.312 e. The van der Waals surface area contributed by atoms with E-state index in [1.165, 1.54) is 12.5 Å². The Hall–Kier alpha value is -1.56. The van der Waals surface area contributed by atoms with Crippen LogP contribution in [0.3, 0.4) is 0 Å². The molecule has 272 valence electrons. The predicted molar refractivity (Wildman–Crippen MR) is 178 cm³/mol. The van der Waals surface area contributed by atoms with Gasteiger partial charge in [-0.05, 0) is 103 Å². The normalized spacial score (nSPS) is 50.9. The van der Waals surface area contributed by atoms with Gasteiger partial charge in [0.05, 0.1) is 18.8 Å². The highest BCUT2D eigenvalue weighted by Gasteiger charge is 2.71. The van der Waals surface area contributed by atoms with Crippen molar-refractivity contribution >= 4 is 11.9 Å². The molecule has 4 saturated carbocycles. The van der Waals surface area contributed by atoms with Gasteiger partial charge in [-0.15, -0.1) is 0 Å². The summed E-state index contributed by atoms with van der Waals surface area (Å²) >= 11 is 0. The summed E-state index contributed by atoms with van der Waals surface area (Å²) in [5, 5.41) is 56.6. The van der Waals surface area contributed by atoms with Gasteiger partial charge in [0.2, 0.25) is 5.91 Å². The summed E-state index contributed by atoms with van der Waals surface area (Å²) in [5.74, 6) is -0.798. The van der Waals surface area contributed by atoms with Crippen molar-refractivity contribution < 1.29 is 44.6 Å². The van der Waals surface area contributed by atoms with E-state index < -0.39 is 54.7 Å². The smallest absolute Gasteiger partial charge is 0.312 e. The van der Waals surface area contributed by atoms with Crippen LogP contribution in [-0.2, 0) is 19.1 Å². The molecule has 6 N–H and O–H groups in total. The van der Waals surface area contributed by atoms with Gasteiger partial charge < -0.3 is 40.3 Å². The van der Waals surface area contributed by atoms with Crippen LogP contribution in [0.4, 0.5) is 0 Å². The standard InChI is InChI=1S/C38H61NO9/c1-20(41)39-28-30(44)29(43)23(19-40)47-31(28)48-27-12-13-35(6)24(34(27,4)5)11-14-36(7)25(35)10-9-21-22-17-33(2,3)15-16-38(22,32(45)46)26(42)18-37(21,36)8/h9,22-31,40,42-44H,10-19H2,1-8H3,(H,39,41)(H,45,46)/t22-,23-,24-,25+,26-,27+,28-,29-,30-,31+,35+,36-,37-,38-/m1/s1. The van der Waals surface area contributed by atoms with Crippen molar-refractivity contribution in [1.29, 1.82) is 0 Å². The SMILES string of the molecule is CC(=O)N[C@H]1[C@H](O[C@H]2CC[C@@]3(C)[C@H](CC[C@]4(C)[C@H]3CC=C3[C@H]5CC(C)(C)CC[C@]5(C(=O)O)[C@H](O)C[C@]34C)C2(C)C)O[C@H](CO)[C@@H](O)[C@@H]1O. The maximum atomic E-state index is 13.0. The molecule has 5 aliphatic carbocycles. The fourth-order valence-corrected chi connectivity index (χ4v) is 12.7. The number of fused-ring (bicyclic) bond motifs is 7. The molecule has 1 saturated heterocycles. The van der Waals surface area contributed by atoms with E-state index in [0.29, 0.717) is 18.8 Å². The minimum absolute atomic E-state index is 0.0124. The number of aliphatic carboxylic acids is 1. The number of carboxylic acid groups (broad SMARTS) is 1. The number of aliphatic hydroxyl groups is 4. The largest absolute Gasteiger partial charge is 0.481 e. The molecular weight excluding hydrogens is 614 g/mol. The lowest BCUT2D eigenvalue weighted by Gasteiger charge is -2.71. The van der Waals surface area contributed by atoms with Crippen LogP contribution in [0, 0.1) is 50.2 Å². The van der Waals surface area contributed by atoms with E-state index in [4.69, 9.17) is 9.47 Å². The van der Waals surface area contributed by atoms with Crippen LogP contribution < -0.4 is 5.32 Å². The molecule has 5 fully saturated rings. The molecule has 48 heavy (non-hydrogen) atoms. The zero-order valence-electron chi connectivity index (χ0n) is 30.3. The van der Waals surface area contributed by atoms with E-state index >= 15 is 0 Å².